The van der Waals surface area contributed by atoms with Gasteiger partial charge in [-0.15, -0.1) is 0 Å². The molecule has 0 unspecified atom stereocenters. The molecule has 3 rings (SSSR count). The largest absolute Gasteiger partial charge is 0.433 e. The molecule has 0 bridgehead atoms. The lowest BCUT2D eigenvalue weighted by Crippen LogP contribution is -2.16. The highest BCUT2D eigenvalue weighted by Crippen LogP contribution is 2.38. The number of fused-ring (bicyclic) bond motifs is 1. The van der Waals surface area contributed by atoms with Crippen molar-refractivity contribution in [2.45, 2.75) is 19.5 Å². The number of aromatic amines is 1. The Bertz CT molecular complexity index is 926. The number of hydrogen-bond donors (Lipinski definition) is 1. The van der Waals surface area contributed by atoms with Crippen LogP contribution in [0.1, 0.15) is 18.3 Å². The number of nitrogens with zero attached hydrogens (tertiary/aromatic N) is 2. The molecule has 8 heteroatoms. The summed E-state index contributed by atoms with van der Waals surface area (Å²) in [6.07, 6.45) is -4.21. The van der Waals surface area contributed by atoms with E-state index in [4.69, 9.17) is 11.6 Å². The van der Waals surface area contributed by atoms with Gasteiger partial charge in [0.2, 0.25) is 0 Å². The Morgan fingerprint density at radius 3 is 2.48 bits per heavy atom. The molecule has 0 amide bonds. The van der Waals surface area contributed by atoms with Crippen LogP contribution in [-0.2, 0) is 12.6 Å². The zero-order valence-corrected chi connectivity index (χ0v) is 12.7. The van der Waals surface area contributed by atoms with Gasteiger partial charge in [0.05, 0.1) is 5.56 Å². The first-order chi connectivity index (χ1) is 10.8. The molecule has 120 valence electrons. The van der Waals surface area contributed by atoms with Gasteiger partial charge in [0.1, 0.15) is 5.69 Å². The number of halogens is 4. The number of benzene rings is 1. The molecule has 2 heterocycles. The maximum atomic E-state index is 13.4. The van der Waals surface area contributed by atoms with Gasteiger partial charge in [-0.3, -0.25) is 9.89 Å². The van der Waals surface area contributed by atoms with Crippen LogP contribution < -0.4 is 5.56 Å². The minimum atomic E-state index is -4.65. The molecule has 0 aliphatic carbocycles. The SMILES string of the molecule is CCc1cc(=O)n2[nH]c(C(F)(F)F)c(-c3ccc(Cl)cc3)c2n1. The first-order valence-corrected chi connectivity index (χ1v) is 7.17. The van der Waals surface area contributed by atoms with Gasteiger partial charge in [0.25, 0.3) is 5.56 Å². The molecule has 1 N–H and O–H groups in total. The van der Waals surface area contributed by atoms with Crippen molar-refractivity contribution in [3.63, 3.8) is 0 Å². The zero-order valence-electron chi connectivity index (χ0n) is 11.9. The summed E-state index contributed by atoms with van der Waals surface area (Å²) < 4.78 is 40.9. The summed E-state index contributed by atoms with van der Waals surface area (Å²) in [6, 6.07) is 7.12. The van der Waals surface area contributed by atoms with Crippen LogP contribution in [0.25, 0.3) is 16.8 Å². The van der Waals surface area contributed by atoms with E-state index in [1.165, 1.54) is 30.3 Å². The number of hydrogen-bond acceptors (Lipinski definition) is 2. The molecule has 0 aliphatic rings. The van der Waals surface area contributed by atoms with Crippen molar-refractivity contribution in [3.05, 3.63) is 57.1 Å². The Balaban J connectivity index is 2.42. The molecule has 0 aliphatic heterocycles. The molecule has 2 aromatic heterocycles. The second-order valence-corrected chi connectivity index (χ2v) is 5.40. The number of aromatic nitrogens is 3. The van der Waals surface area contributed by atoms with Crippen LogP contribution in [0.3, 0.4) is 0 Å². The van der Waals surface area contributed by atoms with Crippen molar-refractivity contribution >= 4 is 17.2 Å². The maximum Gasteiger partial charge on any atom is 0.433 e. The van der Waals surface area contributed by atoms with E-state index in [2.05, 4.69) is 10.1 Å². The van der Waals surface area contributed by atoms with Gasteiger partial charge in [-0.2, -0.15) is 13.2 Å². The fourth-order valence-corrected chi connectivity index (χ4v) is 2.49. The lowest BCUT2D eigenvalue weighted by Gasteiger charge is -2.07. The van der Waals surface area contributed by atoms with E-state index in [1.54, 1.807) is 6.92 Å². The van der Waals surface area contributed by atoms with E-state index < -0.39 is 17.4 Å². The third-order valence-electron chi connectivity index (χ3n) is 3.45. The van der Waals surface area contributed by atoms with E-state index in [1.807, 2.05) is 0 Å². The molecular weight excluding hydrogens is 331 g/mol. The molecule has 0 fully saturated rings. The van der Waals surface area contributed by atoms with Crippen LogP contribution in [0.2, 0.25) is 5.02 Å². The quantitative estimate of drug-likeness (QED) is 0.768. The van der Waals surface area contributed by atoms with Crippen LogP contribution >= 0.6 is 11.6 Å². The summed E-state index contributed by atoms with van der Waals surface area (Å²) >= 11 is 5.79. The molecular formula is C15H11ClF3N3O. The third-order valence-corrected chi connectivity index (χ3v) is 3.70. The van der Waals surface area contributed by atoms with Crippen LogP contribution in [-0.4, -0.2) is 14.6 Å². The Labute approximate surface area is 133 Å². The molecule has 4 nitrogen and oxygen atoms in total. The van der Waals surface area contributed by atoms with Crippen molar-refractivity contribution in [3.8, 4) is 11.1 Å². The second kappa shape index (κ2) is 5.42. The Morgan fingerprint density at radius 2 is 1.91 bits per heavy atom. The van der Waals surface area contributed by atoms with E-state index in [9.17, 15) is 18.0 Å². The molecule has 0 saturated carbocycles. The second-order valence-electron chi connectivity index (χ2n) is 4.96. The molecule has 23 heavy (non-hydrogen) atoms. The Hall–Kier alpha value is -2.28. The van der Waals surface area contributed by atoms with Gasteiger partial charge in [-0.1, -0.05) is 30.7 Å². The summed E-state index contributed by atoms with van der Waals surface area (Å²) in [5.41, 5.74) is -1.11. The predicted octanol–water partition coefficient (Wildman–Crippen LogP) is 3.92. The lowest BCUT2D eigenvalue weighted by atomic mass is 10.1. The van der Waals surface area contributed by atoms with Gasteiger partial charge in [0, 0.05) is 16.8 Å². The normalized spacial score (nSPS) is 12.0. The highest BCUT2D eigenvalue weighted by Gasteiger charge is 2.38. The standard InChI is InChI=1S/C15H11ClF3N3O/c1-2-10-7-11(23)22-14(20-10)12(13(21-22)15(17,18)19)8-3-5-9(16)6-4-8/h3-7,21H,2H2,1H3. The summed E-state index contributed by atoms with van der Waals surface area (Å²) in [6.45, 7) is 1.78. The minimum Gasteiger partial charge on any atom is -0.284 e. The van der Waals surface area contributed by atoms with E-state index in [-0.39, 0.29) is 16.8 Å². The Kier molecular flexibility index (Phi) is 3.68. The highest BCUT2D eigenvalue weighted by molar-refractivity contribution is 6.30. The maximum absolute atomic E-state index is 13.4. The summed E-state index contributed by atoms with van der Waals surface area (Å²) in [4.78, 5) is 16.2. The third kappa shape index (κ3) is 2.72. The van der Waals surface area contributed by atoms with Crippen molar-refractivity contribution in [2.24, 2.45) is 0 Å². The van der Waals surface area contributed by atoms with Crippen molar-refractivity contribution in [1.29, 1.82) is 0 Å². The molecule has 0 saturated heterocycles. The minimum absolute atomic E-state index is 0.0519. The van der Waals surface area contributed by atoms with Crippen molar-refractivity contribution in [2.75, 3.05) is 0 Å². The van der Waals surface area contributed by atoms with Crippen LogP contribution in [0.4, 0.5) is 13.2 Å². The average molecular weight is 342 g/mol. The Morgan fingerprint density at radius 1 is 1.26 bits per heavy atom. The highest BCUT2D eigenvalue weighted by atomic mass is 35.5. The number of aryl methyl sites for hydroxylation is 1. The molecule has 3 aromatic rings. The molecule has 0 spiro atoms. The zero-order chi connectivity index (χ0) is 16.8. The first kappa shape index (κ1) is 15.6. The molecule has 0 atom stereocenters. The predicted molar refractivity (Wildman–Crippen MR) is 80.6 cm³/mol. The summed E-state index contributed by atoms with van der Waals surface area (Å²) in [5, 5.41) is 2.52. The molecule has 0 radical (unpaired) electrons. The number of rotatable bonds is 2. The number of H-pyrrole nitrogens is 1. The molecule has 1 aromatic carbocycles. The first-order valence-electron chi connectivity index (χ1n) is 6.79. The fraction of sp³-hybridized carbons (Fsp3) is 0.200. The average Bonchev–Trinajstić information content (AvgIpc) is 2.88. The number of alkyl halides is 3. The van der Waals surface area contributed by atoms with E-state index in [0.717, 1.165) is 4.52 Å². The van der Waals surface area contributed by atoms with Gasteiger partial charge in [0.15, 0.2) is 5.65 Å². The van der Waals surface area contributed by atoms with E-state index >= 15 is 0 Å². The monoisotopic (exact) mass is 341 g/mol. The van der Waals surface area contributed by atoms with Crippen molar-refractivity contribution < 1.29 is 13.2 Å². The van der Waals surface area contributed by atoms with Crippen LogP contribution in [0, 0.1) is 0 Å². The topological polar surface area (TPSA) is 50.2 Å². The van der Waals surface area contributed by atoms with Crippen molar-refractivity contribution in [1.82, 2.24) is 14.6 Å². The summed E-state index contributed by atoms with van der Waals surface area (Å²) in [7, 11) is 0. The van der Waals surface area contributed by atoms with Crippen LogP contribution in [0.15, 0.2) is 35.1 Å². The van der Waals surface area contributed by atoms with Gasteiger partial charge in [-0.05, 0) is 24.1 Å². The smallest absolute Gasteiger partial charge is 0.284 e. The van der Waals surface area contributed by atoms with Gasteiger partial charge in [-0.25, -0.2) is 9.50 Å². The van der Waals surface area contributed by atoms with Gasteiger partial charge < -0.3 is 0 Å². The number of nitrogens with one attached hydrogen (secondary N) is 1. The van der Waals surface area contributed by atoms with Crippen LogP contribution in [0.5, 0.6) is 0 Å². The lowest BCUT2D eigenvalue weighted by molar-refractivity contribution is -0.140. The van der Waals surface area contributed by atoms with Gasteiger partial charge >= 0.3 is 6.18 Å². The van der Waals surface area contributed by atoms with E-state index in [0.29, 0.717) is 17.1 Å². The summed E-state index contributed by atoms with van der Waals surface area (Å²) in [5.74, 6) is 0. The fourth-order valence-electron chi connectivity index (χ4n) is 2.36.